The van der Waals surface area contributed by atoms with E-state index in [0.29, 0.717) is 19.6 Å². The first-order valence-corrected chi connectivity index (χ1v) is 7.75. The summed E-state index contributed by atoms with van der Waals surface area (Å²) in [7, 11) is -3.62. The minimum atomic E-state index is -3.62. The number of hydrogen-bond donors (Lipinski definition) is 2. The first-order valence-electron chi connectivity index (χ1n) is 5.39. The van der Waals surface area contributed by atoms with Gasteiger partial charge >= 0.3 is 0 Å². The Labute approximate surface area is 110 Å². The largest absolute Gasteiger partial charge is 0.372 e. The van der Waals surface area contributed by atoms with Crippen LogP contribution < -0.4 is 10.5 Å². The second-order valence-corrected chi connectivity index (χ2v) is 6.46. The minimum Gasteiger partial charge on any atom is -0.372 e. The van der Waals surface area contributed by atoms with Crippen LogP contribution in [-0.4, -0.2) is 34.1 Å². The highest BCUT2D eigenvalue weighted by molar-refractivity contribution is 7.91. The number of amides is 1. The Hall–Kier alpha value is -0.960. The second-order valence-electron chi connectivity index (χ2n) is 3.50. The van der Waals surface area contributed by atoms with Crippen molar-refractivity contribution < 1.29 is 17.9 Å². The predicted octanol–water partition coefficient (Wildman–Crippen LogP) is 0.0907. The highest BCUT2D eigenvalue weighted by Crippen LogP contribution is 2.20. The summed E-state index contributed by atoms with van der Waals surface area (Å²) in [5, 5.41) is 7.67. The molecule has 0 saturated carbocycles. The summed E-state index contributed by atoms with van der Waals surface area (Å²) < 4.78 is 27.2. The van der Waals surface area contributed by atoms with Gasteiger partial charge in [-0.1, -0.05) is 0 Å². The van der Waals surface area contributed by atoms with Gasteiger partial charge in [0.25, 0.3) is 0 Å². The molecule has 0 aliphatic rings. The molecule has 0 atom stereocenters. The van der Waals surface area contributed by atoms with E-state index < -0.39 is 10.0 Å². The van der Waals surface area contributed by atoms with Crippen molar-refractivity contribution in [2.75, 3.05) is 19.8 Å². The van der Waals surface area contributed by atoms with Crippen molar-refractivity contribution in [2.45, 2.75) is 17.6 Å². The summed E-state index contributed by atoms with van der Waals surface area (Å²) in [5.74, 6) is -0.180. The Balaban J connectivity index is 2.36. The lowest BCUT2D eigenvalue weighted by Crippen LogP contribution is -2.29. The number of primary sulfonamides is 1. The number of nitrogens with two attached hydrogens (primary N) is 1. The molecule has 6 nitrogen and oxygen atoms in total. The number of carbonyl (C=O) groups excluding carboxylic acids is 1. The van der Waals surface area contributed by atoms with Crippen LogP contribution in [0.25, 0.3) is 0 Å². The maximum Gasteiger partial charge on any atom is 0.247 e. The number of hydrogen-bond acceptors (Lipinski definition) is 5. The van der Waals surface area contributed by atoms with Crippen LogP contribution in [0.2, 0.25) is 0 Å². The third-order valence-corrected chi connectivity index (χ3v) is 4.63. The molecule has 1 heterocycles. The third-order valence-electron chi connectivity index (χ3n) is 2.05. The van der Waals surface area contributed by atoms with Crippen molar-refractivity contribution in [3.05, 3.63) is 17.0 Å². The van der Waals surface area contributed by atoms with E-state index in [1.807, 2.05) is 6.92 Å². The molecule has 18 heavy (non-hydrogen) atoms. The van der Waals surface area contributed by atoms with Crippen molar-refractivity contribution in [3.8, 4) is 0 Å². The molecule has 1 aromatic heterocycles. The van der Waals surface area contributed by atoms with Gasteiger partial charge in [0.05, 0.1) is 0 Å². The van der Waals surface area contributed by atoms with Crippen LogP contribution in [0.5, 0.6) is 0 Å². The van der Waals surface area contributed by atoms with Gasteiger partial charge in [0.2, 0.25) is 15.9 Å². The highest BCUT2D eigenvalue weighted by Gasteiger charge is 2.11. The molecule has 0 radical (unpaired) electrons. The average Bonchev–Trinajstić information content (AvgIpc) is 2.74. The molecular weight excluding hydrogens is 276 g/mol. The van der Waals surface area contributed by atoms with Crippen LogP contribution in [-0.2, 0) is 26.0 Å². The lowest BCUT2D eigenvalue weighted by atomic mass is 10.3. The molecule has 8 heteroatoms. The number of sulfonamides is 1. The molecule has 0 spiro atoms. The Kier molecular flexibility index (Phi) is 5.73. The van der Waals surface area contributed by atoms with E-state index in [2.05, 4.69) is 5.32 Å². The van der Waals surface area contributed by atoms with Crippen LogP contribution in [0.3, 0.4) is 0 Å². The first kappa shape index (κ1) is 15.1. The van der Waals surface area contributed by atoms with E-state index in [1.165, 1.54) is 6.07 Å². The lowest BCUT2D eigenvalue weighted by molar-refractivity contribution is -0.125. The van der Waals surface area contributed by atoms with Gasteiger partial charge in [0.15, 0.2) is 0 Å². The summed E-state index contributed by atoms with van der Waals surface area (Å²) in [4.78, 5) is 12.1. The lowest BCUT2D eigenvalue weighted by Gasteiger charge is -2.03. The van der Waals surface area contributed by atoms with E-state index in [0.717, 1.165) is 16.2 Å². The van der Waals surface area contributed by atoms with Crippen LogP contribution in [0.15, 0.2) is 16.3 Å². The maximum atomic E-state index is 11.2. The van der Waals surface area contributed by atoms with Crippen molar-refractivity contribution in [2.24, 2.45) is 5.14 Å². The predicted molar refractivity (Wildman–Crippen MR) is 68.9 cm³/mol. The van der Waals surface area contributed by atoms with Gasteiger partial charge < -0.3 is 10.1 Å². The normalized spacial score (nSPS) is 11.4. The van der Waals surface area contributed by atoms with Gasteiger partial charge in [-0.05, 0) is 25.5 Å². The summed E-state index contributed by atoms with van der Waals surface area (Å²) in [6.07, 6.45) is 0.568. The monoisotopic (exact) mass is 292 g/mol. The molecule has 1 amide bonds. The Bertz CT molecular complexity index is 496. The fourth-order valence-corrected chi connectivity index (χ4v) is 2.99. The topological polar surface area (TPSA) is 98.5 Å². The van der Waals surface area contributed by atoms with Crippen LogP contribution in [0.1, 0.15) is 11.8 Å². The Morgan fingerprint density at radius 3 is 2.78 bits per heavy atom. The number of nitrogens with one attached hydrogen (secondary N) is 1. The van der Waals surface area contributed by atoms with Gasteiger partial charge in [-0.15, -0.1) is 11.3 Å². The molecule has 1 aromatic rings. The van der Waals surface area contributed by atoms with Gasteiger partial charge in [-0.2, -0.15) is 0 Å². The maximum absolute atomic E-state index is 11.2. The van der Waals surface area contributed by atoms with Crippen molar-refractivity contribution >= 4 is 27.3 Å². The quantitative estimate of drug-likeness (QED) is 0.744. The zero-order chi connectivity index (χ0) is 13.6. The van der Waals surface area contributed by atoms with Crippen LogP contribution in [0.4, 0.5) is 0 Å². The highest BCUT2D eigenvalue weighted by atomic mass is 32.2. The number of thiophene rings is 1. The van der Waals surface area contributed by atoms with Gasteiger partial charge in [-0.25, -0.2) is 13.6 Å². The Morgan fingerprint density at radius 2 is 2.22 bits per heavy atom. The molecule has 1 rings (SSSR count). The third kappa shape index (κ3) is 5.13. The average molecular weight is 292 g/mol. The summed E-state index contributed by atoms with van der Waals surface area (Å²) in [6, 6.07) is 3.16. The molecule has 0 aromatic carbocycles. The number of ether oxygens (including phenoxy) is 1. The van der Waals surface area contributed by atoms with Gasteiger partial charge in [0, 0.05) is 18.0 Å². The van der Waals surface area contributed by atoms with Crippen molar-refractivity contribution in [1.82, 2.24) is 5.32 Å². The molecule has 102 valence electrons. The number of carbonyl (C=O) groups is 1. The summed E-state index contributed by atoms with van der Waals surface area (Å²) in [5.41, 5.74) is 0. The molecule has 0 unspecified atom stereocenters. The van der Waals surface area contributed by atoms with E-state index in [4.69, 9.17) is 9.88 Å². The Morgan fingerprint density at radius 1 is 1.50 bits per heavy atom. The minimum absolute atomic E-state index is 0.0450. The zero-order valence-corrected chi connectivity index (χ0v) is 11.6. The standard InChI is InChI=1S/C10H16N2O4S2/c1-2-16-7-9(13)12-6-5-8-3-4-10(17-8)18(11,14)15/h3-4H,2,5-7H2,1H3,(H,12,13)(H2,11,14,15). The molecular formula is C10H16N2O4S2. The fourth-order valence-electron chi connectivity index (χ4n) is 1.22. The van der Waals surface area contributed by atoms with Crippen molar-refractivity contribution in [1.29, 1.82) is 0 Å². The van der Waals surface area contributed by atoms with E-state index in [9.17, 15) is 13.2 Å². The second kappa shape index (κ2) is 6.83. The van der Waals surface area contributed by atoms with Crippen LogP contribution >= 0.6 is 11.3 Å². The van der Waals surface area contributed by atoms with Gasteiger partial charge in [-0.3, -0.25) is 4.79 Å². The molecule has 0 aliphatic carbocycles. The van der Waals surface area contributed by atoms with Crippen molar-refractivity contribution in [3.63, 3.8) is 0 Å². The summed E-state index contributed by atoms with van der Waals surface area (Å²) in [6.45, 7) is 2.80. The smallest absolute Gasteiger partial charge is 0.247 e. The first-order chi connectivity index (χ1) is 8.43. The zero-order valence-electron chi connectivity index (χ0n) is 10.0. The molecule has 0 saturated heterocycles. The molecule has 3 N–H and O–H groups in total. The fraction of sp³-hybridized carbons (Fsp3) is 0.500. The van der Waals surface area contributed by atoms with Crippen LogP contribution in [0, 0.1) is 0 Å². The molecule has 0 bridgehead atoms. The SMILES string of the molecule is CCOCC(=O)NCCc1ccc(S(N)(=O)=O)s1. The van der Waals surface area contributed by atoms with Gasteiger partial charge in [0.1, 0.15) is 10.8 Å². The van der Waals surface area contributed by atoms with E-state index in [1.54, 1.807) is 6.07 Å². The molecule has 0 aliphatic heterocycles. The summed E-state index contributed by atoms with van der Waals surface area (Å²) >= 11 is 1.11. The number of rotatable bonds is 7. The van der Waals surface area contributed by atoms with E-state index in [-0.39, 0.29) is 16.7 Å². The molecule has 0 fully saturated rings. The van der Waals surface area contributed by atoms with E-state index >= 15 is 0 Å².